The molecule has 0 saturated heterocycles. The van der Waals surface area contributed by atoms with Gasteiger partial charge in [0.05, 0.1) is 6.04 Å². The molecule has 0 bridgehead atoms. The quantitative estimate of drug-likeness (QED) is 0.386. The summed E-state index contributed by atoms with van der Waals surface area (Å²) in [4.78, 5) is 37.6. The summed E-state index contributed by atoms with van der Waals surface area (Å²) >= 11 is 0. The third-order valence-corrected chi connectivity index (χ3v) is 5.72. The van der Waals surface area contributed by atoms with Crippen molar-refractivity contribution >= 4 is 17.8 Å². The monoisotopic (exact) mass is 483 g/mol. The summed E-state index contributed by atoms with van der Waals surface area (Å²) < 4.78 is 5.29. The maximum atomic E-state index is 13.2. The van der Waals surface area contributed by atoms with Crippen LogP contribution in [0.15, 0.2) is 60.7 Å². The fraction of sp³-hybridized carbons (Fsp3) is 0.464. The summed E-state index contributed by atoms with van der Waals surface area (Å²) in [6, 6.07) is 17.9. The third kappa shape index (κ3) is 9.91. The number of carboxylic acids is 1. The Bertz CT molecular complexity index is 954. The first-order valence-electron chi connectivity index (χ1n) is 12.0. The van der Waals surface area contributed by atoms with Crippen molar-refractivity contribution in [1.82, 2.24) is 5.32 Å². The van der Waals surface area contributed by atoms with Crippen molar-refractivity contribution in [3.05, 3.63) is 71.8 Å². The molecule has 0 heterocycles. The number of benzene rings is 2. The molecule has 0 aliphatic carbocycles. The first-order chi connectivity index (χ1) is 16.5. The minimum absolute atomic E-state index is 0.0566. The molecule has 0 radical (unpaired) electrons. The first kappa shape index (κ1) is 28.1. The van der Waals surface area contributed by atoms with Gasteiger partial charge in [0.25, 0.3) is 0 Å². The van der Waals surface area contributed by atoms with Crippen molar-refractivity contribution < 1.29 is 29.3 Å². The molecule has 7 nitrogen and oxygen atoms in total. The largest absolute Gasteiger partial charge is 0.481 e. The molecule has 0 spiro atoms. The van der Waals surface area contributed by atoms with E-state index in [0.29, 0.717) is 6.42 Å². The number of hydrogen-bond donors (Lipinski definition) is 3. The molecule has 7 heteroatoms. The molecular formula is C28H37NO6. The number of aliphatic carboxylic acids is 1. The maximum Gasteiger partial charge on any atom is 0.407 e. The van der Waals surface area contributed by atoms with Gasteiger partial charge >= 0.3 is 12.1 Å². The fourth-order valence-corrected chi connectivity index (χ4v) is 3.89. The molecular weight excluding hydrogens is 446 g/mol. The normalized spacial score (nSPS) is 14.9. The molecule has 0 aromatic heterocycles. The third-order valence-electron chi connectivity index (χ3n) is 5.72. The highest BCUT2D eigenvalue weighted by molar-refractivity contribution is 6.01. The lowest BCUT2D eigenvalue weighted by molar-refractivity contribution is -0.150. The van der Waals surface area contributed by atoms with E-state index in [9.17, 15) is 24.6 Å². The molecule has 2 unspecified atom stereocenters. The first-order valence-corrected chi connectivity index (χ1v) is 12.0. The molecule has 0 saturated carbocycles. The van der Waals surface area contributed by atoms with Crippen LogP contribution in [0.4, 0.5) is 4.79 Å². The number of ether oxygens (including phenoxy) is 1. The van der Waals surface area contributed by atoms with Gasteiger partial charge in [-0.15, -0.1) is 0 Å². The Morgan fingerprint density at radius 2 is 1.49 bits per heavy atom. The van der Waals surface area contributed by atoms with E-state index in [2.05, 4.69) is 5.32 Å². The van der Waals surface area contributed by atoms with E-state index in [0.717, 1.165) is 17.5 Å². The van der Waals surface area contributed by atoms with E-state index in [1.54, 1.807) is 32.9 Å². The van der Waals surface area contributed by atoms with Gasteiger partial charge in [0.2, 0.25) is 0 Å². The molecule has 2 rings (SSSR count). The maximum absolute atomic E-state index is 13.2. The van der Waals surface area contributed by atoms with Gasteiger partial charge in [-0.2, -0.15) is 0 Å². The lowest BCUT2D eigenvalue weighted by atomic mass is 9.85. The van der Waals surface area contributed by atoms with E-state index in [-0.39, 0.29) is 18.8 Å². The second-order valence-corrected chi connectivity index (χ2v) is 10.0. The molecule has 2 aromatic carbocycles. The number of alkyl carbamates (subject to hydrolysis) is 1. The van der Waals surface area contributed by atoms with E-state index >= 15 is 0 Å². The van der Waals surface area contributed by atoms with Crippen LogP contribution in [0.2, 0.25) is 0 Å². The zero-order valence-corrected chi connectivity index (χ0v) is 20.9. The number of amides is 1. The Balaban J connectivity index is 2.12. The minimum atomic E-state index is -1.70. The highest BCUT2D eigenvalue weighted by atomic mass is 16.6. The van der Waals surface area contributed by atoms with Gasteiger partial charge in [-0.25, -0.2) is 4.79 Å². The zero-order chi connectivity index (χ0) is 26.0. The van der Waals surface area contributed by atoms with Gasteiger partial charge in [-0.05, 0) is 63.5 Å². The number of aryl methyl sites for hydroxylation is 1. The van der Waals surface area contributed by atoms with Crippen molar-refractivity contribution in [2.75, 3.05) is 0 Å². The van der Waals surface area contributed by atoms with Crippen LogP contribution in [0.5, 0.6) is 0 Å². The highest BCUT2D eigenvalue weighted by Crippen LogP contribution is 2.22. The van der Waals surface area contributed by atoms with Gasteiger partial charge in [-0.3, -0.25) is 9.59 Å². The van der Waals surface area contributed by atoms with Crippen molar-refractivity contribution in [3.63, 3.8) is 0 Å². The molecule has 190 valence electrons. The van der Waals surface area contributed by atoms with Gasteiger partial charge in [0.1, 0.15) is 17.6 Å². The number of ketones is 1. The van der Waals surface area contributed by atoms with Crippen LogP contribution in [0.3, 0.4) is 0 Å². The molecule has 0 aliphatic heterocycles. The van der Waals surface area contributed by atoms with Crippen molar-refractivity contribution in [2.24, 2.45) is 11.8 Å². The lowest BCUT2D eigenvalue weighted by Crippen LogP contribution is -2.51. The number of Topliss-reactive ketones (excluding diaryl/α,β-unsaturated/α-hetero) is 1. The Hall–Kier alpha value is -3.19. The smallest absolute Gasteiger partial charge is 0.407 e. The number of aliphatic hydroxyl groups is 1. The summed E-state index contributed by atoms with van der Waals surface area (Å²) in [7, 11) is 0. The molecule has 1 amide bonds. The Morgan fingerprint density at radius 1 is 0.943 bits per heavy atom. The van der Waals surface area contributed by atoms with Crippen molar-refractivity contribution in [1.29, 1.82) is 0 Å². The minimum Gasteiger partial charge on any atom is -0.481 e. The van der Waals surface area contributed by atoms with Crippen LogP contribution >= 0.6 is 0 Å². The molecule has 3 N–H and O–H groups in total. The summed E-state index contributed by atoms with van der Waals surface area (Å²) in [5.41, 5.74) is 1.15. The van der Waals surface area contributed by atoms with Crippen LogP contribution in [0, 0.1) is 11.8 Å². The van der Waals surface area contributed by atoms with Crippen LogP contribution in [-0.2, 0) is 27.2 Å². The molecule has 35 heavy (non-hydrogen) atoms. The number of rotatable bonds is 12. The SMILES string of the molecule is CC(CCc1ccccc1)CC(C(=O)O)C(=O)[C@@H](O)[C@@H](Cc1ccccc1)NC(=O)OC(C)(C)C. The number of hydrogen-bond acceptors (Lipinski definition) is 5. The van der Waals surface area contributed by atoms with Crippen LogP contribution < -0.4 is 5.32 Å². The average molecular weight is 484 g/mol. The van der Waals surface area contributed by atoms with Crippen LogP contribution in [-0.4, -0.2) is 45.8 Å². The molecule has 0 fully saturated rings. The van der Waals surface area contributed by atoms with Gasteiger partial charge < -0.3 is 20.3 Å². The number of aliphatic hydroxyl groups excluding tert-OH is 1. The predicted octanol–water partition coefficient (Wildman–Crippen LogP) is 4.41. The number of carboxylic acid groups (broad SMARTS) is 1. The van der Waals surface area contributed by atoms with Crippen LogP contribution in [0.25, 0.3) is 0 Å². The highest BCUT2D eigenvalue weighted by Gasteiger charge is 2.37. The number of carbonyl (C=O) groups excluding carboxylic acids is 2. The summed E-state index contributed by atoms with van der Waals surface area (Å²) in [5, 5.41) is 23.3. The summed E-state index contributed by atoms with van der Waals surface area (Å²) in [6.07, 6.45) is -0.771. The molecule has 4 atom stereocenters. The Kier molecular flexibility index (Phi) is 10.5. The second-order valence-electron chi connectivity index (χ2n) is 10.0. The number of nitrogens with one attached hydrogen (secondary N) is 1. The Morgan fingerprint density at radius 3 is 2.00 bits per heavy atom. The lowest BCUT2D eigenvalue weighted by Gasteiger charge is -2.28. The van der Waals surface area contributed by atoms with Crippen molar-refractivity contribution in [2.45, 2.75) is 71.1 Å². The molecule has 2 aromatic rings. The van der Waals surface area contributed by atoms with Crippen molar-refractivity contribution in [3.8, 4) is 0 Å². The van der Waals surface area contributed by atoms with Gasteiger partial charge in [0.15, 0.2) is 5.78 Å². The Labute approximate surface area is 207 Å². The average Bonchev–Trinajstić information content (AvgIpc) is 2.80. The van der Waals surface area contributed by atoms with E-state index in [1.165, 1.54) is 0 Å². The van der Waals surface area contributed by atoms with E-state index < -0.39 is 41.5 Å². The number of carbonyl (C=O) groups is 3. The van der Waals surface area contributed by atoms with E-state index in [1.807, 2.05) is 55.5 Å². The van der Waals surface area contributed by atoms with Crippen LogP contribution in [0.1, 0.15) is 51.7 Å². The fourth-order valence-electron chi connectivity index (χ4n) is 3.89. The second kappa shape index (κ2) is 13.0. The zero-order valence-electron chi connectivity index (χ0n) is 20.9. The predicted molar refractivity (Wildman–Crippen MR) is 134 cm³/mol. The molecule has 0 aliphatic rings. The standard InChI is InChI=1S/C28H37NO6/c1-19(15-16-20-11-7-5-8-12-20)17-22(26(32)33)24(30)25(31)23(18-21-13-9-6-10-14-21)29-27(34)35-28(2,3)4/h5-14,19,22-23,25,31H,15-18H2,1-4H3,(H,29,34)(H,32,33)/t19?,22?,23-,25+/m1/s1. The summed E-state index contributed by atoms with van der Waals surface area (Å²) in [6.45, 7) is 7.02. The topological polar surface area (TPSA) is 113 Å². The van der Waals surface area contributed by atoms with Gasteiger partial charge in [-0.1, -0.05) is 67.6 Å². The summed E-state index contributed by atoms with van der Waals surface area (Å²) in [5.74, 6) is -3.54. The van der Waals surface area contributed by atoms with E-state index in [4.69, 9.17) is 4.74 Å². The van der Waals surface area contributed by atoms with Gasteiger partial charge in [0, 0.05) is 0 Å².